The molecular formula is C16H16N4O. The average Bonchev–Trinajstić information content (AvgIpc) is 2.56. The fourth-order valence-corrected chi connectivity index (χ4v) is 2.46. The molecule has 0 bridgehead atoms. The summed E-state index contributed by atoms with van der Waals surface area (Å²) in [6.45, 7) is 0. The smallest absolute Gasteiger partial charge is 0.216 e. The Labute approximate surface area is 123 Å². The largest absolute Gasteiger partial charge is 0.481 e. The number of rotatable bonds is 4. The standard InChI is InChI=1S/C16H16N4O/c1-17-16(14-9-15(21-2)20-10-19-14)12-5-3-7-13-11(12)6-4-8-18-13/h3-10,16-17H,1-2H3. The molecule has 0 amide bonds. The second-order valence-electron chi connectivity index (χ2n) is 4.62. The molecule has 3 aromatic rings. The average molecular weight is 280 g/mol. The van der Waals surface area contributed by atoms with Crippen LogP contribution in [0.1, 0.15) is 17.3 Å². The molecule has 5 heteroatoms. The lowest BCUT2D eigenvalue weighted by atomic mass is 9.99. The number of nitrogens with zero attached hydrogens (tertiary/aromatic N) is 3. The fourth-order valence-electron chi connectivity index (χ4n) is 2.46. The lowest BCUT2D eigenvalue weighted by Crippen LogP contribution is -2.19. The summed E-state index contributed by atoms with van der Waals surface area (Å²) in [5.74, 6) is 0.554. The summed E-state index contributed by atoms with van der Waals surface area (Å²) in [4.78, 5) is 12.8. The summed E-state index contributed by atoms with van der Waals surface area (Å²) in [5, 5.41) is 4.41. The van der Waals surface area contributed by atoms with Gasteiger partial charge in [-0.15, -0.1) is 0 Å². The summed E-state index contributed by atoms with van der Waals surface area (Å²) in [6.07, 6.45) is 3.32. The molecule has 5 nitrogen and oxygen atoms in total. The SMILES string of the molecule is CNC(c1cc(OC)ncn1)c1cccc2ncccc12. The molecule has 2 aromatic heterocycles. The Morgan fingerprint density at radius 3 is 2.81 bits per heavy atom. The van der Waals surface area contributed by atoms with Crippen LogP contribution in [-0.4, -0.2) is 29.1 Å². The van der Waals surface area contributed by atoms with Gasteiger partial charge in [-0.25, -0.2) is 9.97 Å². The van der Waals surface area contributed by atoms with E-state index in [1.54, 1.807) is 13.3 Å². The third kappa shape index (κ3) is 2.55. The van der Waals surface area contributed by atoms with Crippen LogP contribution in [0, 0.1) is 0 Å². The maximum absolute atomic E-state index is 5.18. The van der Waals surface area contributed by atoms with E-state index in [1.165, 1.54) is 6.33 Å². The molecule has 0 radical (unpaired) electrons. The second-order valence-corrected chi connectivity index (χ2v) is 4.62. The molecule has 2 heterocycles. The van der Waals surface area contributed by atoms with Gasteiger partial charge >= 0.3 is 0 Å². The van der Waals surface area contributed by atoms with Crippen LogP contribution in [0.2, 0.25) is 0 Å². The van der Waals surface area contributed by atoms with Crippen molar-refractivity contribution in [3.8, 4) is 5.88 Å². The highest BCUT2D eigenvalue weighted by Gasteiger charge is 2.17. The van der Waals surface area contributed by atoms with Crippen LogP contribution in [0.5, 0.6) is 5.88 Å². The minimum Gasteiger partial charge on any atom is -0.481 e. The number of methoxy groups -OCH3 is 1. The van der Waals surface area contributed by atoms with Crippen molar-refractivity contribution < 1.29 is 4.74 Å². The van der Waals surface area contributed by atoms with Gasteiger partial charge in [0, 0.05) is 17.6 Å². The predicted molar refractivity (Wildman–Crippen MR) is 81.2 cm³/mol. The molecule has 0 saturated carbocycles. The number of hydrogen-bond acceptors (Lipinski definition) is 5. The van der Waals surface area contributed by atoms with Crippen LogP contribution in [-0.2, 0) is 0 Å². The molecule has 0 fully saturated rings. The van der Waals surface area contributed by atoms with E-state index in [2.05, 4.69) is 32.4 Å². The van der Waals surface area contributed by atoms with Crippen LogP contribution in [0.3, 0.4) is 0 Å². The van der Waals surface area contributed by atoms with Crippen LogP contribution < -0.4 is 10.1 Å². The highest BCUT2D eigenvalue weighted by molar-refractivity contribution is 5.82. The van der Waals surface area contributed by atoms with Gasteiger partial charge in [-0.2, -0.15) is 0 Å². The van der Waals surface area contributed by atoms with Gasteiger partial charge in [-0.05, 0) is 24.7 Å². The zero-order valence-corrected chi connectivity index (χ0v) is 11.9. The number of nitrogens with one attached hydrogen (secondary N) is 1. The van der Waals surface area contributed by atoms with Crippen molar-refractivity contribution in [2.45, 2.75) is 6.04 Å². The van der Waals surface area contributed by atoms with Crippen molar-refractivity contribution in [2.75, 3.05) is 14.2 Å². The van der Waals surface area contributed by atoms with Crippen molar-refractivity contribution in [1.29, 1.82) is 0 Å². The van der Waals surface area contributed by atoms with Gasteiger partial charge in [0.2, 0.25) is 5.88 Å². The van der Waals surface area contributed by atoms with E-state index in [0.29, 0.717) is 5.88 Å². The summed E-state index contributed by atoms with van der Waals surface area (Å²) >= 11 is 0. The molecule has 0 aliphatic heterocycles. The molecule has 1 aromatic carbocycles. The van der Waals surface area contributed by atoms with Gasteiger partial charge in [0.15, 0.2) is 0 Å². The topological polar surface area (TPSA) is 59.9 Å². The minimum atomic E-state index is -0.0465. The molecule has 0 aliphatic rings. The number of aromatic nitrogens is 3. The van der Waals surface area contributed by atoms with Gasteiger partial charge in [0.25, 0.3) is 0 Å². The van der Waals surface area contributed by atoms with Gasteiger partial charge < -0.3 is 10.1 Å². The van der Waals surface area contributed by atoms with Crippen LogP contribution >= 0.6 is 0 Å². The fraction of sp³-hybridized carbons (Fsp3) is 0.188. The van der Waals surface area contributed by atoms with Crippen molar-refractivity contribution in [2.24, 2.45) is 0 Å². The zero-order chi connectivity index (χ0) is 14.7. The maximum atomic E-state index is 5.18. The van der Waals surface area contributed by atoms with Gasteiger partial charge in [-0.3, -0.25) is 4.98 Å². The highest BCUT2D eigenvalue weighted by Crippen LogP contribution is 2.27. The van der Waals surface area contributed by atoms with E-state index in [-0.39, 0.29) is 6.04 Å². The molecule has 0 aliphatic carbocycles. The predicted octanol–water partition coefficient (Wildman–Crippen LogP) is 2.34. The van der Waals surface area contributed by atoms with Crippen molar-refractivity contribution in [3.05, 3.63) is 60.2 Å². The first-order valence-corrected chi connectivity index (χ1v) is 6.70. The Morgan fingerprint density at radius 1 is 1.10 bits per heavy atom. The summed E-state index contributed by atoms with van der Waals surface area (Å²) < 4.78 is 5.18. The third-order valence-electron chi connectivity index (χ3n) is 3.45. The van der Waals surface area contributed by atoms with E-state index in [1.807, 2.05) is 31.3 Å². The van der Waals surface area contributed by atoms with Crippen molar-refractivity contribution in [3.63, 3.8) is 0 Å². The van der Waals surface area contributed by atoms with Crippen LogP contribution in [0.15, 0.2) is 48.9 Å². The van der Waals surface area contributed by atoms with E-state index in [9.17, 15) is 0 Å². The number of pyridine rings is 1. The number of ether oxygens (including phenoxy) is 1. The molecule has 0 spiro atoms. The minimum absolute atomic E-state index is 0.0465. The third-order valence-corrected chi connectivity index (χ3v) is 3.45. The van der Waals surface area contributed by atoms with Crippen molar-refractivity contribution >= 4 is 10.9 Å². The van der Waals surface area contributed by atoms with E-state index in [4.69, 9.17) is 4.74 Å². The van der Waals surface area contributed by atoms with Gasteiger partial charge in [-0.1, -0.05) is 18.2 Å². The van der Waals surface area contributed by atoms with E-state index >= 15 is 0 Å². The number of fused-ring (bicyclic) bond motifs is 1. The normalized spacial score (nSPS) is 12.3. The Kier molecular flexibility index (Phi) is 3.75. The van der Waals surface area contributed by atoms with E-state index in [0.717, 1.165) is 22.2 Å². The molecule has 1 N–H and O–H groups in total. The van der Waals surface area contributed by atoms with E-state index < -0.39 is 0 Å². The summed E-state index contributed by atoms with van der Waals surface area (Å²) in [7, 11) is 3.51. The van der Waals surface area contributed by atoms with Crippen LogP contribution in [0.25, 0.3) is 10.9 Å². The summed E-state index contributed by atoms with van der Waals surface area (Å²) in [5.41, 5.74) is 2.96. The summed E-state index contributed by atoms with van der Waals surface area (Å²) in [6, 6.07) is 11.9. The first-order valence-electron chi connectivity index (χ1n) is 6.70. The lowest BCUT2D eigenvalue weighted by Gasteiger charge is -2.18. The maximum Gasteiger partial charge on any atom is 0.216 e. The monoisotopic (exact) mass is 280 g/mol. The molecule has 3 rings (SSSR count). The lowest BCUT2D eigenvalue weighted by molar-refractivity contribution is 0.395. The van der Waals surface area contributed by atoms with Gasteiger partial charge in [0.05, 0.1) is 24.4 Å². The molecule has 106 valence electrons. The number of benzene rings is 1. The molecule has 0 saturated heterocycles. The Hall–Kier alpha value is -2.53. The van der Waals surface area contributed by atoms with Gasteiger partial charge in [0.1, 0.15) is 6.33 Å². The number of hydrogen-bond donors (Lipinski definition) is 1. The quantitative estimate of drug-likeness (QED) is 0.795. The molecular weight excluding hydrogens is 264 g/mol. The van der Waals surface area contributed by atoms with Crippen LogP contribution in [0.4, 0.5) is 0 Å². The molecule has 1 unspecified atom stereocenters. The first kappa shape index (κ1) is 13.5. The Morgan fingerprint density at radius 2 is 2.00 bits per heavy atom. The zero-order valence-electron chi connectivity index (χ0n) is 11.9. The molecule has 1 atom stereocenters. The second kappa shape index (κ2) is 5.85. The Bertz CT molecular complexity index is 755. The highest BCUT2D eigenvalue weighted by atomic mass is 16.5. The Balaban J connectivity index is 2.13. The first-order chi connectivity index (χ1) is 10.3. The van der Waals surface area contributed by atoms with Crippen molar-refractivity contribution in [1.82, 2.24) is 20.3 Å². The molecule has 21 heavy (non-hydrogen) atoms.